The number of nitrogens with zero attached hydrogens (tertiary/aromatic N) is 4. The molecule has 0 atom stereocenters. The van der Waals surface area contributed by atoms with Gasteiger partial charge in [0.15, 0.2) is 0 Å². The molecule has 0 aliphatic carbocycles. The van der Waals surface area contributed by atoms with Crippen molar-refractivity contribution in [3.8, 4) is 0 Å². The van der Waals surface area contributed by atoms with Crippen LogP contribution in [0.5, 0.6) is 0 Å². The fraction of sp³-hybridized carbons (Fsp3) is 0.316. The third-order valence-electron chi connectivity index (χ3n) is 4.70. The molecule has 1 aliphatic rings. The number of aromatic amines is 1. The first kappa shape index (κ1) is 16.4. The van der Waals surface area contributed by atoms with E-state index >= 15 is 0 Å². The molecule has 0 unspecified atom stereocenters. The van der Waals surface area contributed by atoms with Crippen LogP contribution in [0.2, 0.25) is 0 Å². The molecule has 0 bridgehead atoms. The van der Waals surface area contributed by atoms with Crippen molar-refractivity contribution in [2.45, 2.75) is 6.42 Å². The molecular weight excluding hydrogens is 328 g/mol. The number of H-pyrrole nitrogens is 1. The highest BCUT2D eigenvalue weighted by molar-refractivity contribution is 5.80. The van der Waals surface area contributed by atoms with Gasteiger partial charge in [0, 0.05) is 62.7 Å². The highest BCUT2D eigenvalue weighted by Crippen LogP contribution is 2.15. The van der Waals surface area contributed by atoms with Crippen LogP contribution in [-0.2, 0) is 6.42 Å². The van der Waals surface area contributed by atoms with Gasteiger partial charge in [-0.2, -0.15) is 0 Å². The van der Waals surface area contributed by atoms with E-state index < -0.39 is 0 Å². The zero-order valence-electron chi connectivity index (χ0n) is 14.6. The van der Waals surface area contributed by atoms with Crippen LogP contribution in [-0.4, -0.2) is 58.6 Å². The second-order valence-electron chi connectivity index (χ2n) is 6.40. The van der Waals surface area contributed by atoms with E-state index in [1.807, 2.05) is 17.0 Å². The Morgan fingerprint density at radius 3 is 2.77 bits per heavy atom. The fourth-order valence-electron chi connectivity index (χ4n) is 3.28. The third kappa shape index (κ3) is 3.61. The van der Waals surface area contributed by atoms with Gasteiger partial charge in [-0.3, -0.25) is 4.98 Å². The van der Waals surface area contributed by atoms with Crippen LogP contribution < -0.4 is 10.2 Å². The van der Waals surface area contributed by atoms with E-state index in [0.29, 0.717) is 19.6 Å². The van der Waals surface area contributed by atoms with Crippen molar-refractivity contribution in [1.29, 1.82) is 0 Å². The van der Waals surface area contributed by atoms with Gasteiger partial charge >= 0.3 is 6.03 Å². The molecule has 3 heterocycles. The van der Waals surface area contributed by atoms with Crippen molar-refractivity contribution < 1.29 is 4.79 Å². The van der Waals surface area contributed by atoms with Crippen LogP contribution in [0, 0.1) is 0 Å². The smallest absolute Gasteiger partial charge is 0.317 e. The van der Waals surface area contributed by atoms with Gasteiger partial charge in [-0.1, -0.05) is 18.2 Å². The van der Waals surface area contributed by atoms with E-state index in [9.17, 15) is 4.79 Å². The number of fused-ring (bicyclic) bond motifs is 1. The lowest BCUT2D eigenvalue weighted by Crippen LogP contribution is -2.52. The summed E-state index contributed by atoms with van der Waals surface area (Å²) in [6.07, 6.45) is 5.91. The number of benzene rings is 1. The minimum absolute atomic E-state index is 0.0000861. The van der Waals surface area contributed by atoms with Gasteiger partial charge in [0.25, 0.3) is 0 Å². The molecule has 1 fully saturated rings. The van der Waals surface area contributed by atoms with Crippen LogP contribution >= 0.6 is 0 Å². The molecule has 7 heteroatoms. The van der Waals surface area contributed by atoms with Crippen LogP contribution in [0.25, 0.3) is 10.9 Å². The molecule has 4 rings (SSSR count). The van der Waals surface area contributed by atoms with Gasteiger partial charge in [0.2, 0.25) is 0 Å². The maximum atomic E-state index is 12.4. The quantitative estimate of drug-likeness (QED) is 0.755. The molecule has 0 saturated carbocycles. The summed E-state index contributed by atoms with van der Waals surface area (Å²) in [5.74, 6) is 0.867. The highest BCUT2D eigenvalue weighted by atomic mass is 16.2. The van der Waals surface area contributed by atoms with E-state index in [1.165, 1.54) is 5.39 Å². The maximum absolute atomic E-state index is 12.4. The number of aromatic nitrogens is 3. The molecule has 2 amide bonds. The number of rotatable bonds is 4. The average molecular weight is 350 g/mol. The summed E-state index contributed by atoms with van der Waals surface area (Å²) < 4.78 is 0. The topological polar surface area (TPSA) is 77.2 Å². The molecular formula is C19H22N6O. The highest BCUT2D eigenvalue weighted by Gasteiger charge is 2.21. The van der Waals surface area contributed by atoms with Gasteiger partial charge in [0.05, 0.1) is 6.20 Å². The Morgan fingerprint density at radius 1 is 1.15 bits per heavy atom. The Bertz CT molecular complexity index is 837. The van der Waals surface area contributed by atoms with Crippen molar-refractivity contribution >= 4 is 22.8 Å². The van der Waals surface area contributed by atoms with Crippen molar-refractivity contribution in [3.05, 3.63) is 54.6 Å². The largest absolute Gasteiger partial charge is 0.358 e. The summed E-state index contributed by atoms with van der Waals surface area (Å²) in [7, 11) is 0. The minimum Gasteiger partial charge on any atom is -0.358 e. The van der Waals surface area contributed by atoms with E-state index in [2.05, 4.69) is 43.4 Å². The van der Waals surface area contributed by atoms with Crippen LogP contribution in [0.1, 0.15) is 5.69 Å². The molecule has 7 nitrogen and oxygen atoms in total. The molecule has 1 saturated heterocycles. The Morgan fingerprint density at radius 2 is 2.00 bits per heavy atom. The Hall–Kier alpha value is -3.09. The maximum Gasteiger partial charge on any atom is 0.317 e. The van der Waals surface area contributed by atoms with Crippen molar-refractivity contribution in [1.82, 2.24) is 25.2 Å². The summed E-state index contributed by atoms with van der Waals surface area (Å²) in [6.45, 7) is 3.54. The standard InChI is InChI=1S/C19H22N6O/c26-19(22-6-5-16-13-15-3-1-2-4-17(15)23-16)25-11-9-24(10-12-25)18-14-20-7-8-21-18/h1-4,7-8,13-14,23H,5-6,9-12H2,(H,22,26). The van der Waals surface area contributed by atoms with Crippen molar-refractivity contribution in [2.24, 2.45) is 0 Å². The van der Waals surface area contributed by atoms with E-state index in [4.69, 9.17) is 0 Å². The molecule has 1 aromatic carbocycles. The zero-order valence-corrected chi connectivity index (χ0v) is 14.6. The molecule has 2 N–H and O–H groups in total. The molecule has 1 aliphatic heterocycles. The van der Waals surface area contributed by atoms with Gasteiger partial charge < -0.3 is 20.1 Å². The van der Waals surface area contributed by atoms with E-state index in [-0.39, 0.29) is 6.03 Å². The first-order valence-corrected chi connectivity index (χ1v) is 8.90. The SMILES string of the molecule is O=C(NCCc1cc2ccccc2[nH]1)N1CCN(c2cnccn2)CC1. The number of carbonyl (C=O) groups is 1. The second kappa shape index (κ2) is 7.43. The number of carbonyl (C=O) groups excluding carboxylic acids is 1. The second-order valence-corrected chi connectivity index (χ2v) is 6.40. The van der Waals surface area contributed by atoms with Crippen LogP contribution in [0.3, 0.4) is 0 Å². The predicted octanol–water partition coefficient (Wildman–Crippen LogP) is 2.03. The number of hydrogen-bond acceptors (Lipinski definition) is 4. The van der Waals surface area contributed by atoms with Gasteiger partial charge in [-0.25, -0.2) is 9.78 Å². The molecule has 2 aromatic heterocycles. The number of hydrogen-bond donors (Lipinski definition) is 2. The Kier molecular flexibility index (Phi) is 4.68. The number of amides is 2. The van der Waals surface area contributed by atoms with Gasteiger partial charge in [-0.05, 0) is 17.5 Å². The zero-order chi connectivity index (χ0) is 17.8. The molecule has 26 heavy (non-hydrogen) atoms. The summed E-state index contributed by atoms with van der Waals surface area (Å²) in [6, 6.07) is 10.3. The number of para-hydroxylation sites is 1. The van der Waals surface area contributed by atoms with E-state index in [0.717, 1.165) is 36.5 Å². The monoisotopic (exact) mass is 350 g/mol. The summed E-state index contributed by atoms with van der Waals surface area (Å²) in [5, 5.41) is 4.22. The Balaban J connectivity index is 1.24. The van der Waals surface area contributed by atoms with Crippen molar-refractivity contribution in [2.75, 3.05) is 37.6 Å². The fourth-order valence-corrected chi connectivity index (χ4v) is 3.28. The first-order chi connectivity index (χ1) is 12.8. The predicted molar refractivity (Wildman–Crippen MR) is 101 cm³/mol. The van der Waals surface area contributed by atoms with Crippen LogP contribution in [0.15, 0.2) is 48.9 Å². The third-order valence-corrected chi connectivity index (χ3v) is 4.70. The lowest BCUT2D eigenvalue weighted by Gasteiger charge is -2.35. The number of anilines is 1. The van der Waals surface area contributed by atoms with Crippen LogP contribution in [0.4, 0.5) is 10.6 Å². The minimum atomic E-state index is -0.0000861. The summed E-state index contributed by atoms with van der Waals surface area (Å²) in [5.41, 5.74) is 2.27. The lowest BCUT2D eigenvalue weighted by molar-refractivity contribution is 0.194. The molecule has 134 valence electrons. The normalized spacial score (nSPS) is 14.6. The molecule has 0 radical (unpaired) electrons. The number of piperazine rings is 1. The van der Waals surface area contributed by atoms with Gasteiger partial charge in [-0.15, -0.1) is 0 Å². The number of nitrogens with one attached hydrogen (secondary N) is 2. The summed E-state index contributed by atoms with van der Waals surface area (Å²) in [4.78, 5) is 28.2. The van der Waals surface area contributed by atoms with Gasteiger partial charge in [0.1, 0.15) is 5.82 Å². The average Bonchev–Trinajstić information content (AvgIpc) is 3.11. The van der Waals surface area contributed by atoms with Crippen molar-refractivity contribution in [3.63, 3.8) is 0 Å². The molecule has 0 spiro atoms. The van der Waals surface area contributed by atoms with E-state index in [1.54, 1.807) is 18.6 Å². The molecule has 3 aromatic rings. The Labute approximate surface area is 152 Å². The lowest BCUT2D eigenvalue weighted by atomic mass is 10.2. The first-order valence-electron chi connectivity index (χ1n) is 8.90. The summed E-state index contributed by atoms with van der Waals surface area (Å²) >= 11 is 0. The number of urea groups is 1.